The Morgan fingerprint density at radius 2 is 2.04 bits per heavy atom. The number of hydrogen-bond acceptors (Lipinski definition) is 4. The number of nitrogens with one attached hydrogen (secondary N) is 1. The highest BCUT2D eigenvalue weighted by atomic mass is 16.5. The topological polar surface area (TPSA) is 72.2 Å². The van der Waals surface area contributed by atoms with Crippen LogP contribution in [0.15, 0.2) is 28.8 Å². The maximum Gasteiger partial charge on any atom is 0.278 e. The molecule has 0 radical (unpaired) electrons. The minimum atomic E-state index is -0.291. The molecule has 5 nitrogen and oxygen atoms in total. The van der Waals surface area contributed by atoms with Crippen LogP contribution in [-0.2, 0) is 12.8 Å². The van der Waals surface area contributed by atoms with Crippen LogP contribution in [0, 0.1) is 11.3 Å². The number of rotatable bonds is 3. The van der Waals surface area contributed by atoms with Crippen LogP contribution in [-0.4, -0.2) is 16.8 Å². The zero-order valence-electron chi connectivity index (χ0n) is 15.2. The first kappa shape index (κ1) is 17.4. The number of aromatic nitrogens is 1. The number of fused-ring (bicyclic) bond motifs is 1. The molecule has 1 aliphatic carbocycles. The molecule has 5 heteroatoms. The standard InChI is InChI=1S/C20H24N2O3/c1-12(23)13-6-5-7-15(10-13)21-19(24)18-16-11-14(20(2,3)4)8-9-17(16)25-22-18/h5-7,10,14H,8-9,11H2,1-4H3,(H,21,24)/t14-/m1/s1. The number of Topliss-reactive ketones (excluding diaryl/α,β-unsaturated/α-hetero) is 1. The van der Waals surface area contributed by atoms with Crippen LogP contribution < -0.4 is 5.32 Å². The van der Waals surface area contributed by atoms with Crippen molar-refractivity contribution in [2.75, 3.05) is 5.32 Å². The smallest absolute Gasteiger partial charge is 0.278 e. The van der Waals surface area contributed by atoms with Crippen LogP contribution in [0.5, 0.6) is 0 Å². The maximum atomic E-state index is 12.7. The molecule has 0 bridgehead atoms. The number of anilines is 1. The Morgan fingerprint density at radius 3 is 2.72 bits per heavy atom. The molecule has 3 rings (SSSR count). The first-order chi connectivity index (χ1) is 11.8. The van der Waals surface area contributed by atoms with Crippen molar-refractivity contribution in [1.82, 2.24) is 5.16 Å². The summed E-state index contributed by atoms with van der Waals surface area (Å²) in [6.45, 7) is 8.18. The SMILES string of the molecule is CC(=O)c1cccc(NC(=O)c2noc3c2C[C@H](C(C)(C)C)CC3)c1. The minimum absolute atomic E-state index is 0.0390. The third kappa shape index (κ3) is 3.65. The van der Waals surface area contributed by atoms with E-state index in [0.717, 1.165) is 30.6 Å². The van der Waals surface area contributed by atoms with Crippen LogP contribution in [0.1, 0.15) is 66.3 Å². The van der Waals surface area contributed by atoms with Crippen molar-refractivity contribution in [3.63, 3.8) is 0 Å². The van der Waals surface area contributed by atoms with Gasteiger partial charge in [-0.2, -0.15) is 0 Å². The van der Waals surface area contributed by atoms with Crippen molar-refractivity contribution >= 4 is 17.4 Å². The van der Waals surface area contributed by atoms with Crippen molar-refractivity contribution < 1.29 is 14.1 Å². The summed E-state index contributed by atoms with van der Waals surface area (Å²) in [4.78, 5) is 24.2. The van der Waals surface area contributed by atoms with E-state index in [-0.39, 0.29) is 17.1 Å². The predicted octanol–water partition coefficient (Wildman–Crippen LogP) is 4.28. The zero-order valence-corrected chi connectivity index (χ0v) is 15.2. The van der Waals surface area contributed by atoms with Crippen molar-refractivity contribution in [2.45, 2.75) is 47.0 Å². The van der Waals surface area contributed by atoms with E-state index in [4.69, 9.17) is 4.52 Å². The molecule has 1 aromatic carbocycles. The third-order valence-electron chi connectivity index (χ3n) is 5.01. The van der Waals surface area contributed by atoms with Crippen LogP contribution in [0.2, 0.25) is 0 Å². The van der Waals surface area contributed by atoms with E-state index in [2.05, 4.69) is 31.2 Å². The minimum Gasteiger partial charge on any atom is -0.360 e. The summed E-state index contributed by atoms with van der Waals surface area (Å²) < 4.78 is 5.40. The van der Waals surface area contributed by atoms with Gasteiger partial charge in [0, 0.05) is 23.2 Å². The second-order valence-electron chi connectivity index (χ2n) is 7.83. The van der Waals surface area contributed by atoms with Crippen molar-refractivity contribution in [3.8, 4) is 0 Å². The van der Waals surface area contributed by atoms with E-state index in [1.54, 1.807) is 24.3 Å². The van der Waals surface area contributed by atoms with Gasteiger partial charge >= 0.3 is 0 Å². The molecule has 1 atom stereocenters. The van der Waals surface area contributed by atoms with Crippen molar-refractivity contribution in [3.05, 3.63) is 46.8 Å². The number of carbonyl (C=O) groups excluding carboxylic acids is 2. The lowest BCUT2D eigenvalue weighted by atomic mass is 9.71. The number of aryl methyl sites for hydroxylation is 1. The lowest BCUT2D eigenvalue weighted by Gasteiger charge is -2.33. The number of benzene rings is 1. The van der Waals surface area contributed by atoms with Crippen LogP contribution in [0.4, 0.5) is 5.69 Å². The highest BCUT2D eigenvalue weighted by Gasteiger charge is 2.34. The number of nitrogens with zero attached hydrogens (tertiary/aromatic N) is 1. The quantitative estimate of drug-likeness (QED) is 0.847. The maximum absolute atomic E-state index is 12.7. The molecular formula is C20H24N2O3. The van der Waals surface area contributed by atoms with Gasteiger partial charge in [0.2, 0.25) is 0 Å². The molecule has 1 aromatic heterocycles. The van der Waals surface area contributed by atoms with Gasteiger partial charge in [0.1, 0.15) is 5.76 Å². The Hall–Kier alpha value is -2.43. The molecule has 1 N–H and O–H groups in total. The average Bonchev–Trinajstić information content (AvgIpc) is 2.97. The molecule has 0 saturated carbocycles. The Kier molecular flexibility index (Phi) is 4.50. The lowest BCUT2D eigenvalue weighted by Crippen LogP contribution is -2.27. The molecule has 1 heterocycles. The molecule has 0 aliphatic heterocycles. The molecule has 1 aliphatic rings. The summed E-state index contributed by atoms with van der Waals surface area (Å²) in [5, 5.41) is 6.84. The Balaban J connectivity index is 1.82. The van der Waals surface area contributed by atoms with Gasteiger partial charge < -0.3 is 9.84 Å². The Bertz CT molecular complexity index is 815. The first-order valence-electron chi connectivity index (χ1n) is 8.65. The number of carbonyl (C=O) groups is 2. The van der Waals surface area contributed by atoms with Gasteiger partial charge in [0.25, 0.3) is 5.91 Å². The fraction of sp³-hybridized carbons (Fsp3) is 0.450. The monoisotopic (exact) mass is 340 g/mol. The molecule has 0 saturated heterocycles. The van der Waals surface area contributed by atoms with Gasteiger partial charge in [-0.25, -0.2) is 0 Å². The van der Waals surface area contributed by atoms with Crippen molar-refractivity contribution in [2.24, 2.45) is 11.3 Å². The van der Waals surface area contributed by atoms with Gasteiger partial charge in [-0.15, -0.1) is 0 Å². The summed E-state index contributed by atoms with van der Waals surface area (Å²) in [6.07, 6.45) is 2.67. The summed E-state index contributed by atoms with van der Waals surface area (Å²) in [6, 6.07) is 6.91. The molecule has 132 valence electrons. The van der Waals surface area contributed by atoms with E-state index in [1.165, 1.54) is 6.92 Å². The van der Waals surface area contributed by atoms with Crippen LogP contribution in [0.25, 0.3) is 0 Å². The molecule has 1 amide bonds. The van der Waals surface area contributed by atoms with E-state index in [9.17, 15) is 9.59 Å². The van der Waals surface area contributed by atoms with Crippen LogP contribution in [0.3, 0.4) is 0 Å². The fourth-order valence-electron chi connectivity index (χ4n) is 3.33. The predicted molar refractivity (Wildman–Crippen MR) is 95.9 cm³/mol. The molecule has 0 unspecified atom stereocenters. The molecule has 2 aromatic rings. The molecular weight excluding hydrogens is 316 g/mol. The molecule has 25 heavy (non-hydrogen) atoms. The van der Waals surface area contributed by atoms with E-state index in [0.29, 0.717) is 22.9 Å². The Morgan fingerprint density at radius 1 is 1.28 bits per heavy atom. The van der Waals surface area contributed by atoms with Gasteiger partial charge in [-0.1, -0.05) is 38.1 Å². The van der Waals surface area contributed by atoms with Gasteiger partial charge in [-0.05, 0) is 43.2 Å². The number of hydrogen-bond donors (Lipinski definition) is 1. The zero-order chi connectivity index (χ0) is 18.2. The van der Waals surface area contributed by atoms with Gasteiger partial charge in [0.15, 0.2) is 11.5 Å². The second kappa shape index (κ2) is 6.47. The second-order valence-corrected chi connectivity index (χ2v) is 7.83. The van der Waals surface area contributed by atoms with E-state index < -0.39 is 0 Å². The molecule has 0 spiro atoms. The highest BCUT2D eigenvalue weighted by Crippen LogP contribution is 2.38. The summed E-state index contributed by atoms with van der Waals surface area (Å²) in [5.41, 5.74) is 2.60. The summed E-state index contributed by atoms with van der Waals surface area (Å²) >= 11 is 0. The fourth-order valence-corrected chi connectivity index (χ4v) is 3.33. The van der Waals surface area contributed by atoms with E-state index in [1.807, 2.05) is 0 Å². The summed E-state index contributed by atoms with van der Waals surface area (Å²) in [7, 11) is 0. The van der Waals surface area contributed by atoms with E-state index >= 15 is 0 Å². The summed E-state index contributed by atoms with van der Waals surface area (Å²) in [5.74, 6) is 0.985. The van der Waals surface area contributed by atoms with Gasteiger partial charge in [0.05, 0.1) is 0 Å². The largest absolute Gasteiger partial charge is 0.360 e. The first-order valence-corrected chi connectivity index (χ1v) is 8.65. The number of amides is 1. The van der Waals surface area contributed by atoms with Gasteiger partial charge in [-0.3, -0.25) is 9.59 Å². The third-order valence-corrected chi connectivity index (χ3v) is 5.01. The lowest BCUT2D eigenvalue weighted by molar-refractivity contribution is 0.100. The normalized spacial score (nSPS) is 17.0. The Labute approximate surface area is 147 Å². The highest BCUT2D eigenvalue weighted by molar-refractivity contribution is 6.04. The van der Waals surface area contributed by atoms with Crippen LogP contribution >= 0.6 is 0 Å². The van der Waals surface area contributed by atoms with Crippen molar-refractivity contribution in [1.29, 1.82) is 0 Å². The average molecular weight is 340 g/mol. The number of ketones is 1. The molecule has 0 fully saturated rings.